The second-order valence-electron chi connectivity index (χ2n) is 3.34. The summed E-state index contributed by atoms with van der Waals surface area (Å²) in [6, 6.07) is 5.77. The Morgan fingerprint density at radius 2 is 1.69 bits per heavy atom. The van der Waals surface area contributed by atoms with Crippen molar-refractivity contribution in [3.05, 3.63) is 37.3 Å². The Hall–Kier alpha value is -0.330. The molecule has 0 amide bonds. The number of aromatic nitrogens is 2. The second-order valence-corrected chi connectivity index (χ2v) is 5.96. The van der Waals surface area contributed by atoms with Crippen LogP contribution >= 0.6 is 47.8 Å². The first kappa shape index (κ1) is 12.1. The molecule has 2 aromatic rings. The van der Waals surface area contributed by atoms with Gasteiger partial charge in [-0.3, -0.25) is 0 Å². The quantitative estimate of drug-likeness (QED) is 0.772. The fourth-order valence-corrected chi connectivity index (χ4v) is 4.06. The van der Waals surface area contributed by atoms with E-state index in [0.29, 0.717) is 5.82 Å². The van der Waals surface area contributed by atoms with E-state index >= 15 is 0 Å². The number of hydrogen-bond acceptors (Lipinski definition) is 2. The van der Waals surface area contributed by atoms with Crippen molar-refractivity contribution < 1.29 is 0 Å². The van der Waals surface area contributed by atoms with Gasteiger partial charge in [0.1, 0.15) is 5.82 Å². The van der Waals surface area contributed by atoms with Crippen LogP contribution in [0.25, 0.3) is 5.69 Å². The lowest BCUT2D eigenvalue weighted by Gasteiger charge is -2.10. The Morgan fingerprint density at radius 3 is 2.12 bits per heavy atom. The average molecular weight is 410 g/mol. The summed E-state index contributed by atoms with van der Waals surface area (Å²) in [5, 5.41) is 4.25. The van der Waals surface area contributed by atoms with Crippen molar-refractivity contribution in [2.75, 3.05) is 5.73 Å². The Kier molecular flexibility index (Phi) is 3.42. The normalized spacial score (nSPS) is 10.8. The molecule has 2 rings (SSSR count). The van der Waals surface area contributed by atoms with E-state index in [0.717, 1.165) is 24.8 Å². The fourth-order valence-electron chi connectivity index (χ4n) is 1.46. The van der Waals surface area contributed by atoms with E-state index in [1.54, 1.807) is 4.68 Å². The van der Waals surface area contributed by atoms with E-state index in [1.165, 1.54) is 0 Å². The summed E-state index contributed by atoms with van der Waals surface area (Å²) in [7, 11) is 0. The lowest BCUT2D eigenvalue weighted by Crippen LogP contribution is -2.01. The third-order valence-electron chi connectivity index (χ3n) is 2.10. The maximum atomic E-state index is 5.68. The molecule has 0 saturated carbocycles. The van der Waals surface area contributed by atoms with Crippen LogP contribution in [0, 0.1) is 6.92 Å². The summed E-state index contributed by atoms with van der Waals surface area (Å²) in [5.74, 6) is 0.513. The Labute approximate surface area is 118 Å². The Balaban J connectivity index is 2.69. The van der Waals surface area contributed by atoms with Crippen LogP contribution in [0.2, 0.25) is 0 Å². The summed E-state index contributed by atoms with van der Waals surface area (Å²) in [6.45, 7) is 1.96. The van der Waals surface area contributed by atoms with Gasteiger partial charge >= 0.3 is 0 Å². The summed E-state index contributed by atoms with van der Waals surface area (Å²) < 4.78 is 4.68. The predicted octanol–water partition coefficient (Wildman–Crippen LogP) is 4.05. The number of nitrogen functional groups attached to an aromatic ring is 1. The monoisotopic (exact) mass is 407 g/mol. The SMILES string of the molecule is Cc1cc(N)nn1-c1c(Br)cc(Br)cc1Br. The molecule has 0 fully saturated rings. The third kappa shape index (κ3) is 2.19. The number of rotatable bonds is 1. The maximum absolute atomic E-state index is 5.68. The summed E-state index contributed by atoms with van der Waals surface area (Å²) in [4.78, 5) is 0. The van der Waals surface area contributed by atoms with Crippen molar-refractivity contribution in [1.29, 1.82) is 0 Å². The van der Waals surface area contributed by atoms with E-state index in [-0.39, 0.29) is 0 Å². The van der Waals surface area contributed by atoms with Gasteiger partial charge in [-0.15, -0.1) is 0 Å². The molecule has 2 N–H and O–H groups in total. The van der Waals surface area contributed by atoms with Gasteiger partial charge in [0, 0.05) is 25.2 Å². The lowest BCUT2D eigenvalue weighted by atomic mass is 10.3. The molecule has 0 aliphatic carbocycles. The highest BCUT2D eigenvalue weighted by atomic mass is 79.9. The zero-order valence-electron chi connectivity index (χ0n) is 8.34. The highest BCUT2D eigenvalue weighted by molar-refractivity contribution is 9.11. The van der Waals surface area contributed by atoms with Gasteiger partial charge in [-0.2, -0.15) is 5.10 Å². The number of benzene rings is 1. The fraction of sp³-hybridized carbons (Fsp3) is 0.100. The molecule has 1 aromatic carbocycles. The zero-order chi connectivity index (χ0) is 11.9. The van der Waals surface area contributed by atoms with Crippen LogP contribution in [0.5, 0.6) is 0 Å². The number of nitrogens with two attached hydrogens (primary N) is 1. The van der Waals surface area contributed by atoms with Crippen LogP contribution in [0.3, 0.4) is 0 Å². The Morgan fingerprint density at radius 1 is 1.12 bits per heavy atom. The first-order valence-electron chi connectivity index (χ1n) is 4.46. The topological polar surface area (TPSA) is 43.8 Å². The number of nitrogens with zero attached hydrogens (tertiary/aromatic N) is 2. The molecule has 16 heavy (non-hydrogen) atoms. The minimum atomic E-state index is 0.513. The van der Waals surface area contributed by atoms with Crippen molar-refractivity contribution in [3.8, 4) is 5.69 Å². The predicted molar refractivity (Wildman–Crippen MR) is 75.8 cm³/mol. The van der Waals surface area contributed by atoms with Gasteiger partial charge in [-0.25, -0.2) is 4.68 Å². The van der Waals surface area contributed by atoms with Crippen molar-refractivity contribution in [1.82, 2.24) is 9.78 Å². The summed E-state index contributed by atoms with van der Waals surface area (Å²) >= 11 is 10.5. The smallest absolute Gasteiger partial charge is 0.146 e. The first-order valence-corrected chi connectivity index (χ1v) is 6.84. The lowest BCUT2D eigenvalue weighted by molar-refractivity contribution is 0.843. The van der Waals surface area contributed by atoms with Crippen LogP contribution in [0.15, 0.2) is 31.6 Å². The number of halogens is 3. The van der Waals surface area contributed by atoms with Gasteiger partial charge in [0.05, 0.1) is 5.69 Å². The van der Waals surface area contributed by atoms with Crippen LogP contribution in [0.1, 0.15) is 5.69 Å². The summed E-state index contributed by atoms with van der Waals surface area (Å²) in [5.41, 5.74) is 7.60. The largest absolute Gasteiger partial charge is 0.382 e. The second kappa shape index (κ2) is 4.50. The first-order chi connectivity index (χ1) is 7.49. The molecule has 1 heterocycles. The highest BCUT2D eigenvalue weighted by Crippen LogP contribution is 2.33. The number of hydrogen-bond donors (Lipinski definition) is 1. The van der Waals surface area contributed by atoms with Gasteiger partial charge in [0.15, 0.2) is 0 Å². The van der Waals surface area contributed by atoms with Crippen molar-refractivity contribution in [3.63, 3.8) is 0 Å². The molecule has 0 aliphatic heterocycles. The van der Waals surface area contributed by atoms with E-state index in [2.05, 4.69) is 52.9 Å². The van der Waals surface area contributed by atoms with E-state index in [9.17, 15) is 0 Å². The standard InChI is InChI=1S/C10H8Br3N3/c1-5-2-9(14)15-16(5)10-7(12)3-6(11)4-8(10)13/h2-4H,1H3,(H2,14,15). The number of aryl methyl sites for hydroxylation is 1. The average Bonchev–Trinajstić information content (AvgIpc) is 2.43. The molecule has 0 saturated heterocycles. The summed E-state index contributed by atoms with van der Waals surface area (Å²) in [6.07, 6.45) is 0. The minimum absolute atomic E-state index is 0.513. The molecule has 1 aromatic heterocycles. The molecule has 0 radical (unpaired) electrons. The molecular formula is C10H8Br3N3. The molecule has 3 nitrogen and oxygen atoms in total. The maximum Gasteiger partial charge on any atom is 0.146 e. The molecule has 0 unspecified atom stereocenters. The molecule has 84 valence electrons. The van der Waals surface area contributed by atoms with E-state index < -0.39 is 0 Å². The van der Waals surface area contributed by atoms with Gasteiger partial charge in [0.25, 0.3) is 0 Å². The van der Waals surface area contributed by atoms with Gasteiger partial charge in [0.2, 0.25) is 0 Å². The molecule has 0 atom stereocenters. The molecule has 0 spiro atoms. The van der Waals surface area contributed by atoms with Crippen molar-refractivity contribution in [2.45, 2.75) is 6.92 Å². The highest BCUT2D eigenvalue weighted by Gasteiger charge is 2.12. The minimum Gasteiger partial charge on any atom is -0.382 e. The van der Waals surface area contributed by atoms with Crippen LogP contribution in [0.4, 0.5) is 5.82 Å². The number of anilines is 1. The van der Waals surface area contributed by atoms with Crippen molar-refractivity contribution >= 4 is 53.6 Å². The van der Waals surface area contributed by atoms with Crippen LogP contribution in [-0.4, -0.2) is 9.78 Å². The third-order valence-corrected chi connectivity index (χ3v) is 3.77. The van der Waals surface area contributed by atoms with Gasteiger partial charge < -0.3 is 5.73 Å². The molecule has 0 aliphatic rings. The Bertz CT molecular complexity index is 525. The van der Waals surface area contributed by atoms with E-state index in [4.69, 9.17) is 5.73 Å². The van der Waals surface area contributed by atoms with Gasteiger partial charge in [-0.05, 0) is 50.9 Å². The van der Waals surface area contributed by atoms with Gasteiger partial charge in [-0.1, -0.05) is 15.9 Å². The zero-order valence-corrected chi connectivity index (χ0v) is 13.1. The van der Waals surface area contributed by atoms with Crippen LogP contribution in [-0.2, 0) is 0 Å². The molecule has 6 heteroatoms. The van der Waals surface area contributed by atoms with Crippen molar-refractivity contribution in [2.24, 2.45) is 0 Å². The van der Waals surface area contributed by atoms with E-state index in [1.807, 2.05) is 25.1 Å². The molecule has 0 bridgehead atoms. The molecular weight excluding hydrogens is 402 g/mol. The van der Waals surface area contributed by atoms with Crippen LogP contribution < -0.4 is 5.73 Å².